The first-order chi connectivity index (χ1) is 30.3. The van der Waals surface area contributed by atoms with E-state index in [1.807, 2.05) is 0 Å². The molecule has 0 heterocycles. The lowest BCUT2D eigenvalue weighted by atomic mass is 10.1. The molecule has 15 nitrogen and oxygen atoms in total. The van der Waals surface area contributed by atoms with E-state index in [0.717, 1.165) is 0 Å². The summed E-state index contributed by atoms with van der Waals surface area (Å²) in [6, 6.07) is 42.2. The molecule has 7 aromatic rings. The van der Waals surface area contributed by atoms with Gasteiger partial charge in [-0.25, -0.2) is 0 Å². The molecule has 7 aromatic carbocycles. The molecule has 312 valence electrons. The van der Waals surface area contributed by atoms with Crippen molar-refractivity contribution in [1.29, 1.82) is 0 Å². The van der Waals surface area contributed by atoms with Crippen LogP contribution in [0.15, 0.2) is 164 Å². The number of carbonyl (C=O) groups is 6. The molecule has 0 spiro atoms. The van der Waals surface area contributed by atoms with Crippen molar-refractivity contribution in [3.63, 3.8) is 0 Å². The van der Waals surface area contributed by atoms with E-state index in [9.17, 15) is 33.9 Å². The molecule has 6 amide bonds. The predicted octanol–water partition coefficient (Wildman–Crippen LogP) is 8.07. The Morgan fingerprint density at radius 1 is 0.302 bits per heavy atom. The Hall–Kier alpha value is -9.24. The second-order valence-electron chi connectivity index (χ2n) is 14.1. The number of hydrogen-bond acceptors (Lipinski definition) is 9. The maximum Gasteiger partial charge on any atom is 0.255 e. The second-order valence-corrected chi connectivity index (χ2v) is 14.1. The van der Waals surface area contributed by atoms with Gasteiger partial charge in [-0.05, 0) is 127 Å². The Morgan fingerprint density at radius 3 is 0.873 bits per heavy atom. The first kappa shape index (κ1) is 41.9. The fraction of sp³-hybridized carbons (Fsp3) is 0. The van der Waals surface area contributed by atoms with Crippen LogP contribution in [0.4, 0.5) is 45.5 Å². The van der Waals surface area contributed by atoms with Gasteiger partial charge < -0.3 is 48.5 Å². The normalized spacial score (nSPS) is 10.5. The molecule has 63 heavy (non-hydrogen) atoms. The average molecular weight is 839 g/mol. The van der Waals surface area contributed by atoms with Crippen molar-refractivity contribution in [2.24, 2.45) is 0 Å². The number of phenols is 1. The lowest BCUT2D eigenvalue weighted by Crippen LogP contribution is -2.17. The molecular formula is C48H38N8O7. The van der Waals surface area contributed by atoms with Gasteiger partial charge in [0.15, 0.2) is 0 Å². The number of amides is 6. The van der Waals surface area contributed by atoms with Gasteiger partial charge in [-0.1, -0.05) is 36.4 Å². The van der Waals surface area contributed by atoms with Crippen molar-refractivity contribution in [3.8, 4) is 5.75 Å². The lowest BCUT2D eigenvalue weighted by molar-refractivity contribution is 0.101. The minimum absolute atomic E-state index is 0.0287. The van der Waals surface area contributed by atoms with Gasteiger partial charge in [0, 0.05) is 78.9 Å². The van der Waals surface area contributed by atoms with Crippen LogP contribution < -0.4 is 43.4 Å². The van der Waals surface area contributed by atoms with Crippen LogP contribution in [0.3, 0.4) is 0 Å². The summed E-state index contributed by atoms with van der Waals surface area (Å²) < 4.78 is 0. The average Bonchev–Trinajstić information content (AvgIpc) is 3.26. The number of aromatic hydroxyl groups is 1. The van der Waals surface area contributed by atoms with Crippen molar-refractivity contribution >= 4 is 80.9 Å². The maximum absolute atomic E-state index is 13.4. The van der Waals surface area contributed by atoms with Gasteiger partial charge in [0.2, 0.25) is 0 Å². The molecule has 0 saturated carbocycles. The van der Waals surface area contributed by atoms with E-state index in [1.165, 1.54) is 42.5 Å². The number of benzene rings is 7. The number of anilines is 8. The fourth-order valence-corrected chi connectivity index (χ4v) is 6.28. The van der Waals surface area contributed by atoms with E-state index in [0.29, 0.717) is 56.6 Å². The number of nitrogens with one attached hydrogen (secondary N) is 6. The molecule has 7 rings (SSSR count). The van der Waals surface area contributed by atoms with Crippen LogP contribution in [0, 0.1) is 0 Å². The van der Waals surface area contributed by atoms with Gasteiger partial charge in [0.25, 0.3) is 35.4 Å². The molecule has 11 N–H and O–H groups in total. The highest BCUT2D eigenvalue weighted by atomic mass is 16.3. The number of rotatable bonds is 12. The summed E-state index contributed by atoms with van der Waals surface area (Å²) in [4.78, 5) is 78.5. The molecule has 0 unspecified atom stereocenters. The van der Waals surface area contributed by atoms with Crippen LogP contribution in [0.25, 0.3) is 0 Å². The summed E-state index contributed by atoms with van der Waals surface area (Å²) in [5.41, 5.74) is 15.8. The van der Waals surface area contributed by atoms with Gasteiger partial charge >= 0.3 is 0 Å². The molecule has 0 aliphatic heterocycles. The summed E-state index contributed by atoms with van der Waals surface area (Å²) in [7, 11) is 0. The zero-order valence-electron chi connectivity index (χ0n) is 33.1. The fourth-order valence-electron chi connectivity index (χ4n) is 6.28. The molecule has 15 heteroatoms. The monoisotopic (exact) mass is 838 g/mol. The summed E-state index contributed by atoms with van der Waals surface area (Å²) in [6.45, 7) is 0. The Morgan fingerprint density at radius 2 is 0.556 bits per heavy atom. The summed E-state index contributed by atoms with van der Waals surface area (Å²) in [5, 5.41) is 27.0. The van der Waals surface area contributed by atoms with Gasteiger partial charge in [0.05, 0.1) is 0 Å². The van der Waals surface area contributed by atoms with Crippen LogP contribution in [-0.4, -0.2) is 40.5 Å². The molecular weight excluding hydrogens is 801 g/mol. The van der Waals surface area contributed by atoms with Crippen LogP contribution >= 0.6 is 0 Å². The van der Waals surface area contributed by atoms with Crippen LogP contribution in [0.5, 0.6) is 5.75 Å². The highest BCUT2D eigenvalue weighted by Gasteiger charge is 2.17. The first-order valence-electron chi connectivity index (χ1n) is 19.2. The summed E-state index contributed by atoms with van der Waals surface area (Å²) >= 11 is 0. The number of phenolic OH excluding ortho intramolecular Hbond substituents is 1. The summed E-state index contributed by atoms with van der Waals surface area (Å²) in [5.74, 6) is -3.37. The van der Waals surface area contributed by atoms with E-state index in [-0.39, 0.29) is 28.0 Å². The minimum Gasteiger partial charge on any atom is -0.508 e. The van der Waals surface area contributed by atoms with Crippen molar-refractivity contribution < 1.29 is 33.9 Å². The number of nitrogens with two attached hydrogens (primary N) is 2. The highest BCUT2D eigenvalue weighted by molar-refractivity contribution is 6.11. The molecule has 0 fully saturated rings. The van der Waals surface area contributed by atoms with Crippen LogP contribution in [0.1, 0.15) is 62.1 Å². The van der Waals surface area contributed by atoms with Gasteiger partial charge in [-0.15, -0.1) is 0 Å². The first-order valence-corrected chi connectivity index (χ1v) is 19.2. The molecule has 0 bridgehead atoms. The van der Waals surface area contributed by atoms with Crippen molar-refractivity contribution in [2.75, 3.05) is 43.4 Å². The van der Waals surface area contributed by atoms with Crippen molar-refractivity contribution in [3.05, 3.63) is 197 Å². The molecule has 0 atom stereocenters. The van der Waals surface area contributed by atoms with E-state index in [1.54, 1.807) is 121 Å². The van der Waals surface area contributed by atoms with E-state index < -0.39 is 35.4 Å². The van der Waals surface area contributed by atoms with Crippen molar-refractivity contribution in [2.45, 2.75) is 0 Å². The standard InChI is InChI=1S/C48H38N8O7/c49-34-11-1-7-28(20-34)43(58)51-36-13-3-9-30(22-36)45(60)53-38-15-5-17-40(26-38)55-47(62)32-19-33(25-42(57)24-32)48(63)56-41-18-6-16-39(27-41)54-46(61)31-10-4-14-37(23-31)52-44(59)29-8-2-12-35(50)21-29/h1-27,57H,49-50H2,(H,51,58)(H,52,59)(H,53,60)(H,54,61)(H,55,62)(H,56,63). The second kappa shape index (κ2) is 18.8. The third-order valence-electron chi connectivity index (χ3n) is 9.26. The van der Waals surface area contributed by atoms with Crippen molar-refractivity contribution in [1.82, 2.24) is 0 Å². The smallest absolute Gasteiger partial charge is 0.255 e. The van der Waals surface area contributed by atoms with Gasteiger partial charge in [-0.3, -0.25) is 28.8 Å². The topological polar surface area (TPSA) is 247 Å². The van der Waals surface area contributed by atoms with Gasteiger partial charge in [0.1, 0.15) is 5.75 Å². The number of carbonyl (C=O) groups excluding carboxylic acids is 6. The van der Waals surface area contributed by atoms with E-state index in [4.69, 9.17) is 11.5 Å². The van der Waals surface area contributed by atoms with Gasteiger partial charge in [-0.2, -0.15) is 0 Å². The molecule has 0 saturated heterocycles. The zero-order chi connectivity index (χ0) is 44.5. The zero-order valence-corrected chi connectivity index (χ0v) is 33.1. The molecule has 0 aliphatic carbocycles. The summed E-state index contributed by atoms with van der Waals surface area (Å²) in [6.07, 6.45) is 0. The Bertz CT molecular complexity index is 2740. The third kappa shape index (κ3) is 11.1. The Balaban J connectivity index is 0.953. The quantitative estimate of drug-likeness (QED) is 0.0539. The molecule has 0 aliphatic rings. The number of nitrogen functional groups attached to an aromatic ring is 2. The van der Waals surface area contributed by atoms with E-state index >= 15 is 0 Å². The predicted molar refractivity (Wildman–Crippen MR) is 243 cm³/mol. The number of hydrogen-bond donors (Lipinski definition) is 9. The maximum atomic E-state index is 13.4. The molecule has 0 radical (unpaired) electrons. The Labute approximate surface area is 360 Å². The lowest BCUT2D eigenvalue weighted by Gasteiger charge is -2.12. The third-order valence-corrected chi connectivity index (χ3v) is 9.26. The van der Waals surface area contributed by atoms with E-state index in [2.05, 4.69) is 31.9 Å². The minimum atomic E-state index is -0.648. The SMILES string of the molecule is Nc1cccc(C(=O)Nc2cccc(C(=O)Nc3cccc(NC(=O)c4cc(O)cc(C(=O)Nc5cccc(NC(=O)c6cccc(NC(=O)c7cccc(N)c7)c6)c5)c4)c3)c2)c1. The highest BCUT2D eigenvalue weighted by Crippen LogP contribution is 2.24. The Kier molecular flexibility index (Phi) is 12.5. The van der Waals surface area contributed by atoms with Crippen LogP contribution in [0.2, 0.25) is 0 Å². The largest absolute Gasteiger partial charge is 0.508 e. The molecule has 0 aromatic heterocycles. The van der Waals surface area contributed by atoms with Crippen LogP contribution in [-0.2, 0) is 0 Å².